The van der Waals surface area contributed by atoms with E-state index in [0.29, 0.717) is 6.54 Å². The van der Waals surface area contributed by atoms with Crippen LogP contribution in [-0.2, 0) is 15.9 Å². The lowest BCUT2D eigenvalue weighted by Crippen LogP contribution is -2.36. The summed E-state index contributed by atoms with van der Waals surface area (Å²) in [5, 5.41) is -0.120. The molecule has 1 saturated carbocycles. The van der Waals surface area contributed by atoms with Crippen molar-refractivity contribution in [3.05, 3.63) is 28.5 Å². The van der Waals surface area contributed by atoms with Crippen molar-refractivity contribution in [2.24, 2.45) is 5.92 Å². The van der Waals surface area contributed by atoms with E-state index in [4.69, 9.17) is 23.2 Å². The Morgan fingerprint density at radius 1 is 1.38 bits per heavy atom. The zero-order chi connectivity index (χ0) is 15.8. The van der Waals surface area contributed by atoms with Crippen LogP contribution in [0.4, 0.5) is 4.39 Å². The summed E-state index contributed by atoms with van der Waals surface area (Å²) in [6.07, 6.45) is 1.70. The summed E-state index contributed by atoms with van der Waals surface area (Å²) in [7, 11) is -3.73. The Labute approximate surface area is 135 Å². The highest BCUT2D eigenvalue weighted by Gasteiger charge is 2.38. The second kappa shape index (κ2) is 6.41. The van der Waals surface area contributed by atoms with Gasteiger partial charge in [0.1, 0.15) is 5.82 Å². The number of rotatable bonds is 6. The first kappa shape index (κ1) is 17.0. The van der Waals surface area contributed by atoms with E-state index in [1.807, 2.05) is 13.8 Å². The Morgan fingerprint density at radius 2 is 2.00 bits per heavy atom. The Bertz CT molecular complexity index is 630. The van der Waals surface area contributed by atoms with Crippen LogP contribution < -0.4 is 0 Å². The van der Waals surface area contributed by atoms with E-state index in [1.165, 1.54) is 10.4 Å². The van der Waals surface area contributed by atoms with Gasteiger partial charge < -0.3 is 0 Å². The lowest BCUT2D eigenvalue weighted by molar-refractivity contribution is 0.360. The molecule has 1 aliphatic carbocycles. The van der Waals surface area contributed by atoms with Crippen molar-refractivity contribution in [3.63, 3.8) is 0 Å². The van der Waals surface area contributed by atoms with Gasteiger partial charge in [-0.25, -0.2) is 12.8 Å². The lowest BCUT2D eigenvalue weighted by Gasteiger charge is -2.24. The van der Waals surface area contributed by atoms with Crippen molar-refractivity contribution < 1.29 is 12.8 Å². The third kappa shape index (κ3) is 3.70. The van der Waals surface area contributed by atoms with Crippen molar-refractivity contribution >= 4 is 33.2 Å². The number of hydrogen-bond donors (Lipinski definition) is 0. The van der Waals surface area contributed by atoms with Gasteiger partial charge in [0.15, 0.2) is 0 Å². The van der Waals surface area contributed by atoms with Gasteiger partial charge in [-0.3, -0.25) is 0 Å². The molecule has 7 heteroatoms. The monoisotopic (exact) mass is 353 g/mol. The average molecular weight is 354 g/mol. The van der Waals surface area contributed by atoms with Crippen LogP contribution >= 0.6 is 23.2 Å². The molecule has 2 rings (SSSR count). The van der Waals surface area contributed by atoms with Crippen LogP contribution in [-0.4, -0.2) is 25.3 Å². The molecule has 0 N–H and O–H groups in total. The zero-order valence-electron chi connectivity index (χ0n) is 11.9. The summed E-state index contributed by atoms with van der Waals surface area (Å²) in [5.74, 6) is -0.592. The second-order valence-electron chi connectivity index (χ2n) is 5.71. The molecule has 21 heavy (non-hydrogen) atoms. The van der Waals surface area contributed by atoms with E-state index in [1.54, 1.807) is 0 Å². The Morgan fingerprint density at radius 3 is 2.48 bits per heavy atom. The molecule has 1 aliphatic rings. The van der Waals surface area contributed by atoms with Gasteiger partial charge in [0.2, 0.25) is 10.0 Å². The van der Waals surface area contributed by atoms with E-state index in [2.05, 4.69) is 0 Å². The van der Waals surface area contributed by atoms with Gasteiger partial charge in [0, 0.05) is 18.5 Å². The van der Waals surface area contributed by atoms with Gasteiger partial charge >= 0.3 is 0 Å². The average Bonchev–Trinajstić information content (AvgIpc) is 3.22. The Kier molecular flexibility index (Phi) is 5.19. The minimum atomic E-state index is -3.73. The predicted octanol–water partition coefficient (Wildman–Crippen LogP) is 4.03. The normalized spacial score (nSPS) is 16.0. The fraction of sp³-hybridized carbons (Fsp3) is 0.571. The van der Waals surface area contributed by atoms with Gasteiger partial charge in [-0.2, -0.15) is 4.31 Å². The highest BCUT2D eigenvalue weighted by atomic mass is 35.5. The summed E-state index contributed by atoms with van der Waals surface area (Å²) in [6, 6.07) is 2.36. The molecule has 3 nitrogen and oxygen atoms in total. The number of hydrogen-bond acceptors (Lipinski definition) is 2. The summed E-state index contributed by atoms with van der Waals surface area (Å²) < 4.78 is 40.8. The van der Waals surface area contributed by atoms with E-state index in [9.17, 15) is 12.8 Å². The van der Waals surface area contributed by atoms with Crippen LogP contribution in [0.2, 0.25) is 5.02 Å². The minimum Gasteiger partial charge on any atom is -0.207 e. The molecule has 1 aromatic rings. The quantitative estimate of drug-likeness (QED) is 0.724. The summed E-state index contributed by atoms with van der Waals surface area (Å²) in [4.78, 5) is -0.0763. The van der Waals surface area contributed by atoms with Crippen molar-refractivity contribution in [3.8, 4) is 0 Å². The first-order valence-electron chi connectivity index (χ1n) is 6.83. The molecular weight excluding hydrogens is 336 g/mol. The third-order valence-corrected chi connectivity index (χ3v) is 5.93. The first-order chi connectivity index (χ1) is 9.77. The van der Waals surface area contributed by atoms with Crippen LogP contribution in [0.3, 0.4) is 0 Å². The van der Waals surface area contributed by atoms with Gasteiger partial charge in [-0.05, 0) is 36.5 Å². The second-order valence-corrected chi connectivity index (χ2v) is 8.25. The lowest BCUT2D eigenvalue weighted by atomic mass is 10.2. The summed E-state index contributed by atoms with van der Waals surface area (Å²) in [5.41, 5.74) is 0.289. The van der Waals surface area contributed by atoms with E-state index < -0.39 is 15.8 Å². The van der Waals surface area contributed by atoms with E-state index in [0.717, 1.165) is 18.9 Å². The number of benzene rings is 1. The number of halogens is 3. The molecule has 0 saturated heterocycles. The van der Waals surface area contributed by atoms with Gasteiger partial charge in [0.05, 0.1) is 9.92 Å². The Balaban J connectivity index is 2.44. The Hall–Kier alpha value is -0.360. The maximum absolute atomic E-state index is 13.8. The maximum Gasteiger partial charge on any atom is 0.243 e. The molecule has 1 fully saturated rings. The van der Waals surface area contributed by atoms with Crippen LogP contribution in [0, 0.1) is 11.7 Å². The predicted molar refractivity (Wildman–Crippen MR) is 82.7 cm³/mol. The molecule has 0 heterocycles. The van der Waals surface area contributed by atoms with Crippen LogP contribution in [0.1, 0.15) is 32.3 Å². The highest BCUT2D eigenvalue weighted by Crippen LogP contribution is 2.34. The maximum atomic E-state index is 13.8. The smallest absolute Gasteiger partial charge is 0.207 e. The van der Waals surface area contributed by atoms with Gasteiger partial charge in [-0.15, -0.1) is 11.6 Å². The summed E-state index contributed by atoms with van der Waals surface area (Å²) in [6.45, 7) is 4.34. The molecule has 1 aromatic carbocycles. The van der Waals surface area contributed by atoms with Crippen molar-refractivity contribution in [2.45, 2.75) is 43.5 Å². The van der Waals surface area contributed by atoms with E-state index >= 15 is 0 Å². The van der Waals surface area contributed by atoms with Crippen molar-refractivity contribution in [1.82, 2.24) is 4.31 Å². The fourth-order valence-electron chi connectivity index (χ4n) is 2.17. The third-order valence-electron chi connectivity index (χ3n) is 3.33. The topological polar surface area (TPSA) is 37.4 Å². The van der Waals surface area contributed by atoms with E-state index in [-0.39, 0.29) is 33.3 Å². The molecule has 0 amide bonds. The van der Waals surface area contributed by atoms with Crippen molar-refractivity contribution in [1.29, 1.82) is 0 Å². The molecule has 118 valence electrons. The molecule has 0 spiro atoms. The van der Waals surface area contributed by atoms with Crippen LogP contribution in [0.15, 0.2) is 17.0 Å². The molecule has 0 aromatic heterocycles. The van der Waals surface area contributed by atoms with Gasteiger partial charge in [-0.1, -0.05) is 25.4 Å². The fourth-order valence-corrected chi connectivity index (χ4v) is 4.53. The molecule has 0 atom stereocenters. The van der Waals surface area contributed by atoms with Crippen molar-refractivity contribution in [2.75, 3.05) is 6.54 Å². The molecule has 0 bridgehead atoms. The largest absolute Gasteiger partial charge is 0.243 e. The number of alkyl halides is 1. The zero-order valence-corrected chi connectivity index (χ0v) is 14.3. The molecular formula is C14H18Cl2FNO2S. The number of sulfonamides is 1. The molecule has 0 radical (unpaired) electrons. The molecule has 0 aliphatic heterocycles. The molecule has 0 unspecified atom stereocenters. The van der Waals surface area contributed by atoms with Gasteiger partial charge in [0.25, 0.3) is 0 Å². The SMILES string of the molecule is CC(C)CN(C1CC1)S(=O)(=O)c1cc(F)c(Cl)c(CCl)c1. The highest BCUT2D eigenvalue weighted by molar-refractivity contribution is 7.89. The minimum absolute atomic E-state index is 0.0237. The first-order valence-corrected chi connectivity index (χ1v) is 9.18. The van der Waals surface area contributed by atoms with Crippen LogP contribution in [0.5, 0.6) is 0 Å². The number of nitrogens with zero attached hydrogens (tertiary/aromatic N) is 1. The summed E-state index contributed by atoms with van der Waals surface area (Å²) >= 11 is 11.5. The van der Waals surface area contributed by atoms with Crippen LogP contribution in [0.25, 0.3) is 0 Å². The standard InChI is InChI=1S/C14H18Cl2FNO2S/c1-9(2)8-18(11-3-4-11)21(19,20)12-5-10(7-15)14(16)13(17)6-12/h5-6,9,11H,3-4,7-8H2,1-2H3.